The molecule has 0 atom stereocenters. The summed E-state index contributed by atoms with van der Waals surface area (Å²) >= 11 is 0. The zero-order valence-corrected chi connectivity index (χ0v) is 5.30. The van der Waals surface area contributed by atoms with E-state index in [0.717, 1.165) is 0 Å². The Kier molecular flexibility index (Phi) is 2.43. The molecular formula is CH5NO3Si. The average Bonchev–Trinajstić information content (AvgIpc) is 1.35. The summed E-state index contributed by atoms with van der Waals surface area (Å²) in [4.78, 5) is 13.2. The number of primary amides is 1. The third-order valence-corrected chi connectivity index (χ3v) is 0.332. The Morgan fingerprint density at radius 1 is 1.83 bits per heavy atom. The van der Waals surface area contributed by atoms with Crippen LogP contribution in [0.5, 0.6) is 0 Å². The average molecular weight is 107 g/mol. The van der Waals surface area contributed by atoms with E-state index in [1.54, 1.807) is 0 Å². The van der Waals surface area contributed by atoms with Crippen LogP contribution in [0.1, 0.15) is 0 Å². The van der Waals surface area contributed by atoms with Crippen molar-refractivity contribution < 1.29 is 14.3 Å². The van der Waals surface area contributed by atoms with Crippen LogP contribution in [0.2, 0.25) is 0 Å². The van der Waals surface area contributed by atoms with Crippen molar-refractivity contribution in [3.8, 4) is 0 Å². The van der Waals surface area contributed by atoms with Gasteiger partial charge in [-0.25, -0.2) is 9.37 Å². The first-order chi connectivity index (χ1) is 2.77. The molecule has 0 saturated carbocycles. The molecule has 36 valence electrons. The zero-order valence-electron chi connectivity index (χ0n) is 3.30. The van der Waals surface area contributed by atoms with E-state index in [2.05, 4.69) is 15.2 Å². The van der Waals surface area contributed by atoms with E-state index in [1.807, 2.05) is 0 Å². The van der Waals surface area contributed by atoms with Crippen LogP contribution in [0.3, 0.4) is 0 Å². The molecule has 2 N–H and O–H groups in total. The van der Waals surface area contributed by atoms with Crippen molar-refractivity contribution in [2.24, 2.45) is 5.73 Å². The van der Waals surface area contributed by atoms with Gasteiger partial charge < -0.3 is 5.73 Å². The Hall–Kier alpha value is -0.553. The lowest BCUT2D eigenvalue weighted by Gasteiger charge is -1.88. The molecule has 0 aromatic carbocycles. The molecule has 0 aliphatic heterocycles. The highest BCUT2D eigenvalue weighted by Gasteiger charge is 1.84. The first-order valence-corrected chi connectivity index (χ1v) is 2.09. The van der Waals surface area contributed by atoms with Gasteiger partial charge in [0.05, 0.1) is 0 Å². The van der Waals surface area contributed by atoms with Crippen molar-refractivity contribution in [1.82, 2.24) is 0 Å². The standard InChI is InChI=1S/CH5NO3Si/c2-1(3)4-5-6/h6H3,(H2,2,3). The van der Waals surface area contributed by atoms with E-state index in [9.17, 15) is 4.79 Å². The lowest BCUT2D eigenvalue weighted by Crippen LogP contribution is -2.11. The van der Waals surface area contributed by atoms with Gasteiger partial charge in [-0.05, 0) is 0 Å². The number of rotatable bonds is 1. The Labute approximate surface area is 37.7 Å². The second kappa shape index (κ2) is 2.67. The van der Waals surface area contributed by atoms with Crippen molar-refractivity contribution in [3.05, 3.63) is 0 Å². The van der Waals surface area contributed by atoms with Gasteiger partial charge in [0, 0.05) is 0 Å². The van der Waals surface area contributed by atoms with E-state index in [0.29, 0.717) is 10.5 Å². The summed E-state index contributed by atoms with van der Waals surface area (Å²) in [6.07, 6.45) is -0.898. The fraction of sp³-hybridized carbons (Fsp3) is 0. The summed E-state index contributed by atoms with van der Waals surface area (Å²) in [7, 11) is 0.364. The van der Waals surface area contributed by atoms with Crippen LogP contribution in [-0.4, -0.2) is 16.6 Å². The molecule has 0 aliphatic rings. The van der Waals surface area contributed by atoms with Crippen molar-refractivity contribution >= 4 is 16.6 Å². The van der Waals surface area contributed by atoms with Crippen LogP contribution in [0.15, 0.2) is 0 Å². The van der Waals surface area contributed by atoms with Crippen LogP contribution in [-0.2, 0) is 9.46 Å². The topological polar surface area (TPSA) is 61.6 Å². The maximum atomic E-state index is 9.50. The highest BCUT2D eigenvalue weighted by Crippen LogP contribution is 1.65. The molecule has 4 nitrogen and oxygen atoms in total. The van der Waals surface area contributed by atoms with E-state index in [-0.39, 0.29) is 0 Å². The van der Waals surface area contributed by atoms with Gasteiger partial charge in [0.25, 0.3) is 0 Å². The van der Waals surface area contributed by atoms with Crippen molar-refractivity contribution in [2.45, 2.75) is 0 Å². The number of hydrogen-bond acceptors (Lipinski definition) is 3. The van der Waals surface area contributed by atoms with Gasteiger partial charge >= 0.3 is 6.09 Å². The van der Waals surface area contributed by atoms with Gasteiger partial charge in [-0.2, -0.15) is 0 Å². The molecule has 0 unspecified atom stereocenters. The first kappa shape index (κ1) is 5.45. The Morgan fingerprint density at radius 3 is 2.33 bits per heavy atom. The summed E-state index contributed by atoms with van der Waals surface area (Å²) in [5.41, 5.74) is 4.44. The number of carbonyl (C=O) groups excluding carboxylic acids is 1. The second-order valence-corrected chi connectivity index (χ2v) is 0.902. The van der Waals surface area contributed by atoms with Crippen LogP contribution >= 0.6 is 0 Å². The molecule has 0 bridgehead atoms. The first-order valence-electron chi connectivity index (χ1n) is 1.27. The SMILES string of the molecule is NC(=O)OO[SiH3]. The normalized spacial score (nSPS) is 8.00. The highest BCUT2D eigenvalue weighted by atomic mass is 28.2. The summed E-state index contributed by atoms with van der Waals surface area (Å²) in [5, 5.41) is 0. The minimum absolute atomic E-state index is 0.364. The molecule has 0 saturated heterocycles. The third-order valence-electron chi connectivity index (χ3n) is 0.165. The number of amides is 1. The number of hydrogen-bond donors (Lipinski definition) is 1. The lowest BCUT2D eigenvalue weighted by molar-refractivity contribution is -0.133. The van der Waals surface area contributed by atoms with E-state index in [1.165, 1.54) is 0 Å². The summed E-state index contributed by atoms with van der Waals surface area (Å²) in [6, 6.07) is 0. The monoisotopic (exact) mass is 107 g/mol. The minimum Gasteiger partial charge on any atom is -0.333 e. The van der Waals surface area contributed by atoms with Crippen molar-refractivity contribution in [3.63, 3.8) is 0 Å². The predicted molar refractivity (Wildman–Crippen MR) is 21.7 cm³/mol. The van der Waals surface area contributed by atoms with Crippen LogP contribution < -0.4 is 5.73 Å². The number of nitrogens with two attached hydrogens (primary N) is 1. The lowest BCUT2D eigenvalue weighted by atomic mass is 11.3. The molecule has 0 aromatic rings. The molecule has 6 heavy (non-hydrogen) atoms. The molecule has 0 spiro atoms. The summed E-state index contributed by atoms with van der Waals surface area (Å²) < 4.78 is 3.97. The molecular weight excluding hydrogens is 102 g/mol. The van der Waals surface area contributed by atoms with Gasteiger partial charge in [0.15, 0.2) is 0 Å². The van der Waals surface area contributed by atoms with Gasteiger partial charge in [0.1, 0.15) is 0 Å². The van der Waals surface area contributed by atoms with Gasteiger partial charge in [-0.15, -0.1) is 0 Å². The van der Waals surface area contributed by atoms with E-state index < -0.39 is 6.09 Å². The molecule has 0 aliphatic carbocycles. The second-order valence-electron chi connectivity index (χ2n) is 0.569. The summed E-state index contributed by atoms with van der Waals surface area (Å²) in [5.74, 6) is 0. The van der Waals surface area contributed by atoms with Crippen molar-refractivity contribution in [2.75, 3.05) is 0 Å². The molecule has 0 fully saturated rings. The minimum atomic E-state index is -0.898. The number of carbonyl (C=O) groups is 1. The molecule has 1 amide bonds. The Bertz CT molecular complexity index is 54.8. The fourth-order valence-corrected chi connectivity index (χ4v) is 0.246. The van der Waals surface area contributed by atoms with Crippen molar-refractivity contribution in [1.29, 1.82) is 0 Å². The molecule has 5 heteroatoms. The Morgan fingerprint density at radius 2 is 2.33 bits per heavy atom. The van der Waals surface area contributed by atoms with Gasteiger partial charge in [-0.1, -0.05) is 0 Å². The highest BCUT2D eigenvalue weighted by molar-refractivity contribution is 5.97. The summed E-state index contributed by atoms with van der Waals surface area (Å²) in [6.45, 7) is 0. The van der Waals surface area contributed by atoms with Gasteiger partial charge in [-0.3, -0.25) is 4.89 Å². The van der Waals surface area contributed by atoms with E-state index >= 15 is 0 Å². The van der Waals surface area contributed by atoms with E-state index in [4.69, 9.17) is 0 Å². The largest absolute Gasteiger partial charge is 0.434 e. The van der Waals surface area contributed by atoms with Gasteiger partial charge in [0.2, 0.25) is 10.5 Å². The van der Waals surface area contributed by atoms with Crippen LogP contribution in [0, 0.1) is 0 Å². The molecule has 0 aromatic heterocycles. The smallest absolute Gasteiger partial charge is 0.333 e. The quantitative estimate of drug-likeness (QED) is 0.247. The van der Waals surface area contributed by atoms with Crippen LogP contribution in [0.4, 0.5) is 4.79 Å². The van der Waals surface area contributed by atoms with Crippen LogP contribution in [0.25, 0.3) is 0 Å². The maximum absolute atomic E-state index is 9.50. The molecule has 0 rings (SSSR count). The predicted octanol–water partition coefficient (Wildman–Crippen LogP) is -1.71. The molecule has 0 radical (unpaired) electrons. The zero-order chi connectivity index (χ0) is 4.99. The molecule has 0 heterocycles. The maximum Gasteiger partial charge on any atom is 0.434 e. The Balaban J connectivity index is 2.83. The fourth-order valence-electron chi connectivity index (χ4n) is 0.0821. The third kappa shape index (κ3) is 3.45.